The zero-order chi connectivity index (χ0) is 15.7. The first-order valence-corrected chi connectivity index (χ1v) is 7.81. The number of hydrogen-bond acceptors (Lipinski definition) is 2. The van der Waals surface area contributed by atoms with Crippen molar-refractivity contribution in [1.29, 1.82) is 0 Å². The topological polar surface area (TPSA) is 32.8 Å². The van der Waals surface area contributed by atoms with Crippen molar-refractivity contribution in [2.45, 2.75) is 6.92 Å². The first-order chi connectivity index (χ1) is 10.5. The minimum Gasteiger partial charge on any atom is -0.333 e. The molecule has 0 aliphatic rings. The largest absolute Gasteiger partial charge is 0.333 e. The van der Waals surface area contributed by atoms with Gasteiger partial charge in [0.05, 0.1) is 11.4 Å². The van der Waals surface area contributed by atoms with Gasteiger partial charge < -0.3 is 4.98 Å². The number of rotatable bonds is 3. The molecule has 0 saturated carbocycles. The van der Waals surface area contributed by atoms with Gasteiger partial charge in [-0.25, -0.2) is 4.68 Å². The highest BCUT2D eigenvalue weighted by Gasteiger charge is 2.11. The standard InChI is InChI=1S/C16H13Cl2N3S/c1-10-15(11-5-7-12(17)8-6-11)21(16(22)19-10)20-14-4-2-3-13(18)9-14/h2-9,20H,1H3,(H,19,22). The number of hydrogen-bond donors (Lipinski definition) is 2. The zero-order valence-electron chi connectivity index (χ0n) is 11.7. The molecule has 2 aromatic carbocycles. The van der Waals surface area contributed by atoms with Crippen LogP contribution < -0.4 is 5.43 Å². The highest BCUT2D eigenvalue weighted by molar-refractivity contribution is 7.71. The van der Waals surface area contributed by atoms with E-state index in [1.54, 1.807) is 0 Å². The highest BCUT2D eigenvalue weighted by Crippen LogP contribution is 2.26. The molecule has 22 heavy (non-hydrogen) atoms. The van der Waals surface area contributed by atoms with Crippen LogP contribution in [-0.2, 0) is 0 Å². The van der Waals surface area contributed by atoms with Crippen molar-refractivity contribution in [3.05, 3.63) is 69.0 Å². The molecular formula is C16H13Cl2N3S. The molecular weight excluding hydrogens is 337 g/mol. The number of aromatic amines is 1. The fourth-order valence-electron chi connectivity index (χ4n) is 2.29. The Kier molecular flexibility index (Phi) is 4.25. The lowest BCUT2D eigenvalue weighted by molar-refractivity contribution is 0.942. The Hall–Kier alpha value is -1.75. The molecule has 0 aliphatic carbocycles. The summed E-state index contributed by atoms with van der Waals surface area (Å²) in [5.41, 5.74) is 7.09. The van der Waals surface area contributed by atoms with E-state index >= 15 is 0 Å². The van der Waals surface area contributed by atoms with Crippen LogP contribution in [0.4, 0.5) is 5.69 Å². The summed E-state index contributed by atoms with van der Waals surface area (Å²) in [7, 11) is 0. The smallest absolute Gasteiger partial charge is 0.197 e. The number of H-pyrrole nitrogens is 1. The molecule has 2 N–H and O–H groups in total. The van der Waals surface area contributed by atoms with Crippen LogP contribution in [0.3, 0.4) is 0 Å². The van der Waals surface area contributed by atoms with E-state index in [4.69, 9.17) is 35.4 Å². The van der Waals surface area contributed by atoms with Gasteiger partial charge >= 0.3 is 0 Å². The third-order valence-electron chi connectivity index (χ3n) is 3.26. The first-order valence-electron chi connectivity index (χ1n) is 6.65. The summed E-state index contributed by atoms with van der Waals surface area (Å²) in [6, 6.07) is 15.1. The van der Waals surface area contributed by atoms with E-state index in [0.29, 0.717) is 14.8 Å². The van der Waals surface area contributed by atoms with Crippen molar-refractivity contribution in [3.63, 3.8) is 0 Å². The second-order valence-electron chi connectivity index (χ2n) is 4.87. The fraction of sp³-hybridized carbons (Fsp3) is 0.0625. The summed E-state index contributed by atoms with van der Waals surface area (Å²) in [4.78, 5) is 3.17. The van der Waals surface area contributed by atoms with Crippen molar-refractivity contribution < 1.29 is 0 Å². The molecule has 0 saturated heterocycles. The van der Waals surface area contributed by atoms with Crippen LogP contribution in [0.15, 0.2) is 48.5 Å². The molecule has 6 heteroatoms. The molecule has 3 nitrogen and oxygen atoms in total. The van der Waals surface area contributed by atoms with E-state index < -0.39 is 0 Å². The summed E-state index contributed by atoms with van der Waals surface area (Å²) < 4.78 is 2.42. The quantitative estimate of drug-likeness (QED) is 0.594. The van der Waals surface area contributed by atoms with E-state index in [9.17, 15) is 0 Å². The number of benzene rings is 2. The zero-order valence-corrected chi connectivity index (χ0v) is 14.1. The lowest BCUT2D eigenvalue weighted by Gasteiger charge is -2.12. The first kappa shape index (κ1) is 15.2. The van der Waals surface area contributed by atoms with Gasteiger partial charge in [0, 0.05) is 21.3 Å². The van der Waals surface area contributed by atoms with Gasteiger partial charge in [0.15, 0.2) is 4.77 Å². The molecule has 0 spiro atoms. The Morgan fingerprint density at radius 2 is 1.77 bits per heavy atom. The van der Waals surface area contributed by atoms with Crippen LogP contribution in [-0.4, -0.2) is 9.66 Å². The number of aryl methyl sites for hydroxylation is 1. The molecule has 1 heterocycles. The van der Waals surface area contributed by atoms with E-state index in [1.807, 2.05) is 60.1 Å². The molecule has 3 rings (SSSR count). The van der Waals surface area contributed by atoms with Gasteiger partial charge in [-0.15, -0.1) is 0 Å². The SMILES string of the molecule is Cc1[nH]c(=S)n(Nc2cccc(Cl)c2)c1-c1ccc(Cl)cc1. The number of halogens is 2. The Bertz CT molecular complexity index is 866. The molecule has 0 fully saturated rings. The van der Waals surface area contributed by atoms with Crippen molar-refractivity contribution in [1.82, 2.24) is 9.66 Å². The number of anilines is 1. The molecule has 0 aliphatic heterocycles. The average molecular weight is 350 g/mol. The third-order valence-corrected chi connectivity index (χ3v) is 4.03. The molecule has 112 valence electrons. The van der Waals surface area contributed by atoms with E-state index in [0.717, 1.165) is 22.6 Å². The van der Waals surface area contributed by atoms with Crippen molar-refractivity contribution in [2.75, 3.05) is 5.43 Å². The molecule has 3 aromatic rings. The second kappa shape index (κ2) is 6.16. The van der Waals surface area contributed by atoms with Crippen LogP contribution in [0.1, 0.15) is 5.69 Å². The number of aromatic nitrogens is 2. The maximum absolute atomic E-state index is 6.03. The van der Waals surface area contributed by atoms with Gasteiger partial charge in [0.1, 0.15) is 0 Å². The number of imidazole rings is 1. The lowest BCUT2D eigenvalue weighted by Crippen LogP contribution is -2.10. The summed E-state index contributed by atoms with van der Waals surface area (Å²) in [5, 5.41) is 1.36. The van der Waals surface area contributed by atoms with E-state index in [1.165, 1.54) is 0 Å². The lowest BCUT2D eigenvalue weighted by atomic mass is 10.1. The highest BCUT2D eigenvalue weighted by atomic mass is 35.5. The molecule has 0 unspecified atom stereocenters. The predicted molar refractivity (Wildman–Crippen MR) is 95.3 cm³/mol. The Morgan fingerprint density at radius 3 is 2.45 bits per heavy atom. The summed E-state index contributed by atoms with van der Waals surface area (Å²) in [6.07, 6.45) is 0. The van der Waals surface area contributed by atoms with Crippen molar-refractivity contribution in [2.24, 2.45) is 0 Å². The minimum atomic E-state index is 0.586. The molecule has 0 radical (unpaired) electrons. The van der Waals surface area contributed by atoms with Crippen LogP contribution in [0.25, 0.3) is 11.3 Å². The predicted octanol–water partition coefficient (Wildman–Crippen LogP) is 5.70. The average Bonchev–Trinajstić information content (AvgIpc) is 2.75. The van der Waals surface area contributed by atoms with Gasteiger partial charge in [0.2, 0.25) is 0 Å². The van der Waals surface area contributed by atoms with Gasteiger partial charge in [-0.1, -0.05) is 41.4 Å². The summed E-state index contributed by atoms with van der Waals surface area (Å²) >= 11 is 17.4. The molecule has 0 amide bonds. The molecule has 1 aromatic heterocycles. The van der Waals surface area contributed by atoms with Crippen LogP contribution in [0.5, 0.6) is 0 Å². The second-order valence-corrected chi connectivity index (χ2v) is 6.13. The minimum absolute atomic E-state index is 0.586. The Labute approximate surface area is 143 Å². The Balaban J connectivity index is 2.08. The summed E-state index contributed by atoms with van der Waals surface area (Å²) in [6.45, 7) is 1.98. The fourth-order valence-corrected chi connectivity index (χ4v) is 2.90. The van der Waals surface area contributed by atoms with Crippen LogP contribution in [0, 0.1) is 11.7 Å². The summed E-state index contributed by atoms with van der Waals surface area (Å²) in [5.74, 6) is 0. The van der Waals surface area contributed by atoms with Crippen LogP contribution >= 0.6 is 35.4 Å². The van der Waals surface area contributed by atoms with Gasteiger partial charge in [0.25, 0.3) is 0 Å². The van der Waals surface area contributed by atoms with Gasteiger partial charge in [-0.3, -0.25) is 5.43 Å². The number of nitrogens with one attached hydrogen (secondary N) is 2. The normalized spacial score (nSPS) is 10.7. The Morgan fingerprint density at radius 1 is 1.05 bits per heavy atom. The van der Waals surface area contributed by atoms with Gasteiger partial charge in [-0.2, -0.15) is 0 Å². The van der Waals surface area contributed by atoms with Crippen molar-refractivity contribution in [3.8, 4) is 11.3 Å². The monoisotopic (exact) mass is 349 g/mol. The third kappa shape index (κ3) is 3.04. The van der Waals surface area contributed by atoms with Crippen LogP contribution in [0.2, 0.25) is 10.0 Å². The molecule has 0 bridgehead atoms. The van der Waals surface area contributed by atoms with E-state index in [2.05, 4.69) is 10.4 Å². The molecule has 0 atom stereocenters. The maximum Gasteiger partial charge on any atom is 0.197 e. The van der Waals surface area contributed by atoms with Gasteiger partial charge in [-0.05, 0) is 49.5 Å². The maximum atomic E-state index is 6.03. The van der Waals surface area contributed by atoms with Crippen molar-refractivity contribution >= 4 is 41.1 Å². The van der Waals surface area contributed by atoms with E-state index in [-0.39, 0.29) is 0 Å². The number of nitrogens with zero attached hydrogens (tertiary/aromatic N) is 1.